The number of nitro benzene ring substituents is 1. The Kier molecular flexibility index (Phi) is 5.83. The summed E-state index contributed by atoms with van der Waals surface area (Å²) in [6.07, 6.45) is 0. The second-order valence-corrected chi connectivity index (χ2v) is 8.91. The van der Waals surface area contributed by atoms with Crippen molar-refractivity contribution in [2.45, 2.75) is 59.0 Å². The largest absolute Gasteiger partial charge is 0.507 e. The van der Waals surface area contributed by atoms with E-state index in [2.05, 4.69) is 20.8 Å². The van der Waals surface area contributed by atoms with E-state index in [4.69, 9.17) is 4.74 Å². The maximum atomic E-state index is 12.3. The van der Waals surface area contributed by atoms with E-state index >= 15 is 0 Å². The van der Waals surface area contributed by atoms with Crippen molar-refractivity contribution in [1.29, 1.82) is 0 Å². The smallest absolute Gasteiger partial charge is 0.338 e. The standard InChI is InChI=1S/C22H27NO5/c1-21(2,3)16-11-15(19(24)18(12-16)22(4,5)6)13-28-20(25)14-7-9-17(10-8-14)23(26)27/h7-12,24H,13H2,1-6H3. The molecule has 0 fully saturated rings. The highest BCUT2D eigenvalue weighted by Crippen LogP contribution is 2.38. The summed E-state index contributed by atoms with van der Waals surface area (Å²) in [7, 11) is 0. The highest BCUT2D eigenvalue weighted by molar-refractivity contribution is 5.89. The van der Waals surface area contributed by atoms with Crippen molar-refractivity contribution in [1.82, 2.24) is 0 Å². The lowest BCUT2D eigenvalue weighted by molar-refractivity contribution is -0.384. The molecule has 150 valence electrons. The first kappa shape index (κ1) is 21.4. The van der Waals surface area contributed by atoms with E-state index in [9.17, 15) is 20.0 Å². The average Bonchev–Trinajstić information content (AvgIpc) is 2.58. The van der Waals surface area contributed by atoms with Crippen LogP contribution in [0.15, 0.2) is 36.4 Å². The average molecular weight is 385 g/mol. The Labute approximate surface area is 165 Å². The van der Waals surface area contributed by atoms with Crippen LogP contribution in [-0.4, -0.2) is 16.0 Å². The Bertz CT molecular complexity index is 887. The van der Waals surface area contributed by atoms with Gasteiger partial charge in [-0.15, -0.1) is 0 Å². The molecular formula is C22H27NO5. The summed E-state index contributed by atoms with van der Waals surface area (Å²) in [4.78, 5) is 22.5. The van der Waals surface area contributed by atoms with Crippen LogP contribution in [0.1, 0.15) is 68.6 Å². The monoisotopic (exact) mass is 385 g/mol. The Morgan fingerprint density at radius 1 is 1.04 bits per heavy atom. The lowest BCUT2D eigenvalue weighted by Crippen LogP contribution is -2.18. The first-order valence-corrected chi connectivity index (χ1v) is 9.09. The van der Waals surface area contributed by atoms with Crippen molar-refractivity contribution in [3.05, 3.63) is 68.8 Å². The van der Waals surface area contributed by atoms with Crippen molar-refractivity contribution in [3.63, 3.8) is 0 Å². The number of benzene rings is 2. The highest BCUT2D eigenvalue weighted by Gasteiger charge is 2.25. The second-order valence-electron chi connectivity index (χ2n) is 8.91. The number of nitrogens with zero attached hydrogens (tertiary/aromatic N) is 1. The Morgan fingerprint density at radius 3 is 2.07 bits per heavy atom. The zero-order valence-electron chi connectivity index (χ0n) is 17.2. The van der Waals surface area contributed by atoms with E-state index in [0.29, 0.717) is 5.56 Å². The number of hydrogen-bond acceptors (Lipinski definition) is 5. The van der Waals surface area contributed by atoms with Crippen LogP contribution in [-0.2, 0) is 22.2 Å². The van der Waals surface area contributed by atoms with Crippen LogP contribution in [0.5, 0.6) is 5.75 Å². The Balaban J connectivity index is 2.30. The molecule has 2 aromatic rings. The highest BCUT2D eigenvalue weighted by atomic mass is 16.6. The molecule has 0 saturated carbocycles. The van der Waals surface area contributed by atoms with Gasteiger partial charge >= 0.3 is 5.97 Å². The van der Waals surface area contributed by atoms with Crippen molar-refractivity contribution in [2.75, 3.05) is 0 Å². The van der Waals surface area contributed by atoms with Gasteiger partial charge in [-0.05, 0) is 40.2 Å². The molecule has 0 atom stereocenters. The minimum atomic E-state index is -0.604. The van der Waals surface area contributed by atoms with E-state index in [0.717, 1.165) is 11.1 Å². The molecule has 6 nitrogen and oxygen atoms in total. The van der Waals surface area contributed by atoms with E-state index in [-0.39, 0.29) is 34.4 Å². The maximum absolute atomic E-state index is 12.3. The second kappa shape index (κ2) is 7.62. The number of aromatic hydroxyl groups is 1. The number of phenolic OH excluding ortho intramolecular Hbond substituents is 1. The van der Waals surface area contributed by atoms with Gasteiger partial charge in [-0.2, -0.15) is 0 Å². The summed E-state index contributed by atoms with van der Waals surface area (Å²) in [6, 6.07) is 9.07. The van der Waals surface area contributed by atoms with Crippen LogP contribution in [0, 0.1) is 10.1 Å². The summed E-state index contributed by atoms with van der Waals surface area (Å²) in [5.74, 6) is -0.482. The number of phenols is 1. The molecule has 0 aliphatic heterocycles. The van der Waals surface area contributed by atoms with Crippen LogP contribution in [0.25, 0.3) is 0 Å². The topological polar surface area (TPSA) is 89.7 Å². The fraction of sp³-hybridized carbons (Fsp3) is 0.409. The summed E-state index contributed by atoms with van der Waals surface area (Å²) < 4.78 is 5.36. The molecular weight excluding hydrogens is 358 g/mol. The molecule has 0 saturated heterocycles. The van der Waals surface area contributed by atoms with Crippen molar-refractivity contribution < 1.29 is 19.6 Å². The number of nitro groups is 1. The van der Waals surface area contributed by atoms with Crippen molar-refractivity contribution in [3.8, 4) is 5.75 Å². The minimum absolute atomic E-state index is 0.0886. The molecule has 1 N–H and O–H groups in total. The zero-order valence-corrected chi connectivity index (χ0v) is 17.2. The minimum Gasteiger partial charge on any atom is -0.507 e. The molecule has 2 aromatic carbocycles. The molecule has 2 rings (SSSR count). The predicted molar refractivity (Wildman–Crippen MR) is 108 cm³/mol. The van der Waals surface area contributed by atoms with Crippen LogP contribution in [0.4, 0.5) is 5.69 Å². The molecule has 0 aliphatic carbocycles. The van der Waals surface area contributed by atoms with Gasteiger partial charge in [0.1, 0.15) is 12.4 Å². The van der Waals surface area contributed by atoms with E-state index < -0.39 is 10.9 Å². The van der Waals surface area contributed by atoms with Gasteiger partial charge in [0.25, 0.3) is 5.69 Å². The first-order valence-electron chi connectivity index (χ1n) is 9.09. The molecule has 0 aliphatic rings. The number of carbonyl (C=O) groups is 1. The number of esters is 1. The third-order valence-corrected chi connectivity index (χ3v) is 4.54. The molecule has 0 heterocycles. The third kappa shape index (κ3) is 4.88. The number of carbonyl (C=O) groups excluding carboxylic acids is 1. The van der Waals surface area contributed by atoms with Gasteiger partial charge in [0, 0.05) is 17.7 Å². The number of hydrogen-bond donors (Lipinski definition) is 1. The van der Waals surface area contributed by atoms with Gasteiger partial charge in [0.15, 0.2) is 0 Å². The van der Waals surface area contributed by atoms with Crippen molar-refractivity contribution >= 4 is 11.7 Å². The normalized spacial score (nSPS) is 11.9. The van der Waals surface area contributed by atoms with Gasteiger partial charge < -0.3 is 9.84 Å². The summed E-state index contributed by atoms with van der Waals surface area (Å²) in [6.45, 7) is 12.2. The fourth-order valence-electron chi connectivity index (χ4n) is 2.76. The van der Waals surface area contributed by atoms with E-state index in [1.807, 2.05) is 32.9 Å². The van der Waals surface area contributed by atoms with Gasteiger partial charge in [-0.3, -0.25) is 10.1 Å². The quantitative estimate of drug-likeness (QED) is 0.441. The molecule has 0 spiro atoms. The third-order valence-electron chi connectivity index (χ3n) is 4.54. The van der Waals surface area contributed by atoms with E-state index in [1.165, 1.54) is 24.3 Å². The van der Waals surface area contributed by atoms with E-state index in [1.54, 1.807) is 0 Å². The molecule has 0 aromatic heterocycles. The molecule has 28 heavy (non-hydrogen) atoms. The number of rotatable bonds is 4. The van der Waals surface area contributed by atoms with Gasteiger partial charge in [0.2, 0.25) is 0 Å². The van der Waals surface area contributed by atoms with Crippen LogP contribution in [0.2, 0.25) is 0 Å². The number of non-ortho nitro benzene ring substituents is 1. The summed E-state index contributed by atoms with van der Waals surface area (Å²) >= 11 is 0. The van der Waals surface area contributed by atoms with Crippen molar-refractivity contribution in [2.24, 2.45) is 0 Å². The lowest BCUT2D eigenvalue weighted by Gasteiger charge is -2.27. The first-order chi connectivity index (χ1) is 12.8. The summed E-state index contributed by atoms with van der Waals surface area (Å²) in [5, 5.41) is 21.4. The van der Waals surface area contributed by atoms with Gasteiger partial charge in [-0.1, -0.05) is 47.6 Å². The summed E-state index contributed by atoms with van der Waals surface area (Å²) in [5.41, 5.74) is 2.08. The molecule has 0 radical (unpaired) electrons. The zero-order chi connectivity index (χ0) is 21.3. The molecule has 0 unspecified atom stereocenters. The van der Waals surface area contributed by atoms with Gasteiger partial charge in [0.05, 0.1) is 10.5 Å². The van der Waals surface area contributed by atoms with Crippen LogP contribution >= 0.6 is 0 Å². The Hall–Kier alpha value is -2.89. The lowest BCUT2D eigenvalue weighted by atomic mass is 9.79. The maximum Gasteiger partial charge on any atom is 0.338 e. The van der Waals surface area contributed by atoms with Crippen LogP contribution in [0.3, 0.4) is 0 Å². The fourth-order valence-corrected chi connectivity index (χ4v) is 2.76. The number of ether oxygens (including phenoxy) is 1. The predicted octanol–water partition coefficient (Wildman–Crippen LogP) is 5.25. The molecule has 0 amide bonds. The molecule has 0 bridgehead atoms. The SMILES string of the molecule is CC(C)(C)c1cc(COC(=O)c2ccc([N+](=O)[O-])cc2)c(O)c(C(C)(C)C)c1. The van der Waals surface area contributed by atoms with Crippen LogP contribution < -0.4 is 0 Å². The van der Waals surface area contributed by atoms with Gasteiger partial charge in [-0.25, -0.2) is 4.79 Å². The molecule has 6 heteroatoms. The Morgan fingerprint density at radius 2 is 1.61 bits per heavy atom.